The average Bonchev–Trinajstić information content (AvgIpc) is 3.15. The number of likely N-dealkylation sites (tertiary alicyclic amines) is 1. The van der Waals surface area contributed by atoms with Gasteiger partial charge in [-0.15, -0.1) is 0 Å². The predicted octanol–water partition coefficient (Wildman–Crippen LogP) is 5.41. The summed E-state index contributed by atoms with van der Waals surface area (Å²) >= 11 is 6.05. The van der Waals surface area contributed by atoms with Crippen molar-refractivity contribution < 1.29 is 9.32 Å². The number of amides is 1. The summed E-state index contributed by atoms with van der Waals surface area (Å²) in [7, 11) is 0. The second-order valence-corrected chi connectivity index (χ2v) is 7.31. The van der Waals surface area contributed by atoms with Gasteiger partial charge in [-0.2, -0.15) is 4.98 Å². The minimum atomic E-state index is -0.108. The number of hydrogen-bond donors (Lipinski definition) is 0. The van der Waals surface area contributed by atoms with Gasteiger partial charge in [0.05, 0.1) is 0 Å². The van der Waals surface area contributed by atoms with Gasteiger partial charge >= 0.3 is 0 Å². The molecule has 5 nitrogen and oxygen atoms in total. The zero-order chi connectivity index (χ0) is 18.4. The third-order valence-corrected chi connectivity index (χ3v) is 5.11. The SMILES string of the molecule is CCCCCCC(=O)N1CCCC[C@@H]1c1nc(-c2cccc(Cl)c2)no1. The molecule has 3 rings (SSSR count). The van der Waals surface area contributed by atoms with Gasteiger partial charge in [-0.3, -0.25) is 4.79 Å². The zero-order valence-corrected chi connectivity index (χ0v) is 16.0. The molecule has 1 aromatic carbocycles. The second kappa shape index (κ2) is 9.17. The van der Waals surface area contributed by atoms with Crippen molar-refractivity contribution in [1.82, 2.24) is 15.0 Å². The van der Waals surface area contributed by atoms with Crippen LogP contribution in [0.3, 0.4) is 0 Å². The average molecular weight is 376 g/mol. The normalized spacial score (nSPS) is 17.5. The number of halogens is 1. The number of carbonyl (C=O) groups is 1. The molecule has 0 bridgehead atoms. The number of benzene rings is 1. The molecule has 0 N–H and O–H groups in total. The van der Waals surface area contributed by atoms with Crippen LogP contribution in [-0.4, -0.2) is 27.5 Å². The van der Waals surface area contributed by atoms with Gasteiger partial charge in [0.15, 0.2) is 0 Å². The molecule has 0 radical (unpaired) electrons. The first kappa shape index (κ1) is 18.9. The van der Waals surface area contributed by atoms with Gasteiger partial charge in [0, 0.05) is 23.6 Å². The Morgan fingerprint density at radius 2 is 2.19 bits per heavy atom. The van der Waals surface area contributed by atoms with E-state index in [0.29, 0.717) is 23.2 Å². The predicted molar refractivity (Wildman–Crippen MR) is 102 cm³/mol. The molecule has 1 fully saturated rings. The van der Waals surface area contributed by atoms with E-state index in [1.165, 1.54) is 12.8 Å². The molecule has 140 valence electrons. The molecular formula is C20H26ClN3O2. The highest BCUT2D eigenvalue weighted by Crippen LogP contribution is 2.32. The van der Waals surface area contributed by atoms with Gasteiger partial charge in [-0.25, -0.2) is 0 Å². The van der Waals surface area contributed by atoms with Crippen molar-refractivity contribution in [3.8, 4) is 11.4 Å². The monoisotopic (exact) mass is 375 g/mol. The van der Waals surface area contributed by atoms with E-state index in [4.69, 9.17) is 16.1 Å². The van der Waals surface area contributed by atoms with E-state index in [0.717, 1.165) is 44.2 Å². The van der Waals surface area contributed by atoms with Crippen molar-refractivity contribution in [3.05, 3.63) is 35.2 Å². The lowest BCUT2D eigenvalue weighted by Gasteiger charge is -2.33. The van der Waals surface area contributed by atoms with Crippen LogP contribution in [0.1, 0.15) is 70.2 Å². The number of nitrogens with zero attached hydrogens (tertiary/aromatic N) is 3. The molecule has 1 aromatic heterocycles. The van der Waals surface area contributed by atoms with Crippen LogP contribution in [0.25, 0.3) is 11.4 Å². The van der Waals surface area contributed by atoms with Crippen molar-refractivity contribution in [2.75, 3.05) is 6.54 Å². The van der Waals surface area contributed by atoms with E-state index in [9.17, 15) is 4.79 Å². The molecule has 1 aliphatic heterocycles. The highest BCUT2D eigenvalue weighted by Gasteiger charge is 2.31. The minimum Gasteiger partial charge on any atom is -0.337 e. The Kier molecular flexibility index (Phi) is 6.67. The third-order valence-electron chi connectivity index (χ3n) is 4.88. The van der Waals surface area contributed by atoms with Crippen molar-refractivity contribution in [1.29, 1.82) is 0 Å². The first-order valence-corrected chi connectivity index (χ1v) is 9.96. The molecule has 0 unspecified atom stereocenters. The number of hydrogen-bond acceptors (Lipinski definition) is 4. The second-order valence-electron chi connectivity index (χ2n) is 6.88. The highest BCUT2D eigenvalue weighted by atomic mass is 35.5. The number of rotatable bonds is 7. The molecular weight excluding hydrogens is 350 g/mol. The van der Waals surface area contributed by atoms with Gasteiger partial charge in [0.2, 0.25) is 17.6 Å². The summed E-state index contributed by atoms with van der Waals surface area (Å²) < 4.78 is 5.52. The molecule has 1 saturated heterocycles. The smallest absolute Gasteiger partial charge is 0.249 e. The fourth-order valence-electron chi connectivity index (χ4n) is 3.45. The van der Waals surface area contributed by atoms with Crippen LogP contribution in [0.2, 0.25) is 5.02 Å². The quantitative estimate of drug-likeness (QED) is 0.606. The Labute approximate surface area is 159 Å². The first-order valence-electron chi connectivity index (χ1n) is 9.58. The number of piperidine rings is 1. The van der Waals surface area contributed by atoms with E-state index in [1.807, 2.05) is 29.2 Å². The van der Waals surface area contributed by atoms with E-state index in [1.54, 1.807) is 0 Å². The summed E-state index contributed by atoms with van der Waals surface area (Å²) in [5.41, 5.74) is 0.820. The van der Waals surface area contributed by atoms with Crippen molar-refractivity contribution >= 4 is 17.5 Å². The molecule has 0 aliphatic carbocycles. The minimum absolute atomic E-state index is 0.108. The maximum Gasteiger partial charge on any atom is 0.249 e. The van der Waals surface area contributed by atoms with Gasteiger partial charge < -0.3 is 9.42 Å². The van der Waals surface area contributed by atoms with Crippen molar-refractivity contribution in [2.24, 2.45) is 0 Å². The largest absolute Gasteiger partial charge is 0.337 e. The number of unbranched alkanes of at least 4 members (excludes halogenated alkanes) is 3. The summed E-state index contributed by atoms with van der Waals surface area (Å²) in [6.45, 7) is 2.95. The fraction of sp³-hybridized carbons (Fsp3) is 0.550. The summed E-state index contributed by atoms with van der Waals surface area (Å²) in [6.07, 6.45) is 8.00. The third kappa shape index (κ3) is 4.64. The van der Waals surface area contributed by atoms with Crippen molar-refractivity contribution in [2.45, 2.75) is 64.3 Å². The fourth-order valence-corrected chi connectivity index (χ4v) is 3.64. The Bertz CT molecular complexity index is 731. The maximum atomic E-state index is 12.7. The van der Waals surface area contributed by atoms with Gasteiger partial charge in [-0.1, -0.05) is 55.1 Å². The molecule has 2 heterocycles. The molecule has 2 aromatic rings. The molecule has 26 heavy (non-hydrogen) atoms. The Morgan fingerprint density at radius 1 is 1.31 bits per heavy atom. The lowest BCUT2D eigenvalue weighted by Crippen LogP contribution is -2.38. The van der Waals surface area contributed by atoms with Gasteiger partial charge in [-0.05, 0) is 37.8 Å². The van der Waals surface area contributed by atoms with Crippen LogP contribution < -0.4 is 0 Å². The summed E-state index contributed by atoms with van der Waals surface area (Å²) in [5.74, 6) is 1.25. The maximum absolute atomic E-state index is 12.7. The number of carbonyl (C=O) groups excluding carboxylic acids is 1. The highest BCUT2D eigenvalue weighted by molar-refractivity contribution is 6.30. The van der Waals surface area contributed by atoms with Crippen LogP contribution in [0.4, 0.5) is 0 Å². The lowest BCUT2D eigenvalue weighted by atomic mass is 10.0. The number of aromatic nitrogens is 2. The van der Waals surface area contributed by atoms with Crippen LogP contribution in [0, 0.1) is 0 Å². The van der Waals surface area contributed by atoms with E-state index in [2.05, 4.69) is 17.1 Å². The standard InChI is InChI=1S/C20H26ClN3O2/c1-2-3-4-5-12-18(25)24-13-7-6-11-17(24)20-22-19(23-26-20)15-9-8-10-16(21)14-15/h8-10,14,17H,2-7,11-13H2,1H3/t17-/m1/s1. The summed E-state index contributed by atoms with van der Waals surface area (Å²) in [5, 5.41) is 4.73. The van der Waals surface area contributed by atoms with Crippen molar-refractivity contribution in [3.63, 3.8) is 0 Å². The lowest BCUT2D eigenvalue weighted by molar-refractivity contribution is -0.135. The Hall–Kier alpha value is -1.88. The summed E-state index contributed by atoms with van der Waals surface area (Å²) in [4.78, 5) is 19.2. The topological polar surface area (TPSA) is 59.2 Å². The van der Waals surface area contributed by atoms with Crippen LogP contribution >= 0.6 is 11.6 Å². The van der Waals surface area contributed by atoms with Gasteiger partial charge in [0.25, 0.3) is 0 Å². The Morgan fingerprint density at radius 3 is 3.00 bits per heavy atom. The van der Waals surface area contributed by atoms with Crippen LogP contribution in [0.5, 0.6) is 0 Å². The molecule has 1 aliphatic rings. The molecule has 0 spiro atoms. The van der Waals surface area contributed by atoms with Gasteiger partial charge in [0.1, 0.15) is 6.04 Å². The molecule has 1 atom stereocenters. The Balaban J connectivity index is 1.71. The first-order chi connectivity index (χ1) is 12.7. The molecule has 1 amide bonds. The van der Waals surface area contributed by atoms with Crippen LogP contribution in [0.15, 0.2) is 28.8 Å². The molecule has 0 saturated carbocycles. The summed E-state index contributed by atoms with van der Waals surface area (Å²) in [6, 6.07) is 7.28. The van der Waals surface area contributed by atoms with E-state index < -0.39 is 0 Å². The van der Waals surface area contributed by atoms with E-state index in [-0.39, 0.29) is 11.9 Å². The molecule has 6 heteroatoms. The zero-order valence-electron chi connectivity index (χ0n) is 15.3. The van der Waals surface area contributed by atoms with E-state index >= 15 is 0 Å². The van der Waals surface area contributed by atoms with Crippen LogP contribution in [-0.2, 0) is 4.79 Å².